The van der Waals surface area contributed by atoms with Gasteiger partial charge in [-0.3, -0.25) is 0 Å². The largest absolute Gasteiger partial charge is 0.435 e. The lowest BCUT2D eigenvalue weighted by atomic mass is 9.97. The van der Waals surface area contributed by atoms with E-state index in [1.165, 1.54) is 0 Å². The zero-order valence-electron chi connectivity index (χ0n) is 9.87. The van der Waals surface area contributed by atoms with E-state index in [4.69, 9.17) is 0 Å². The highest BCUT2D eigenvalue weighted by molar-refractivity contribution is 5.48. The van der Waals surface area contributed by atoms with E-state index < -0.39 is 47.8 Å². The van der Waals surface area contributed by atoms with Crippen molar-refractivity contribution in [2.45, 2.75) is 32.3 Å². The third kappa shape index (κ3) is 3.51. The first-order chi connectivity index (χ1) is 8.98. The molecule has 0 saturated carbocycles. The molecule has 20 heavy (non-hydrogen) atoms. The van der Waals surface area contributed by atoms with E-state index in [-0.39, 0.29) is 6.07 Å². The molecule has 0 unspecified atom stereocenters. The van der Waals surface area contributed by atoms with Crippen LogP contribution in [0.3, 0.4) is 0 Å². The number of benzene rings is 1. The molecule has 0 saturated heterocycles. The number of hydrogen-bond donors (Lipinski definition) is 0. The second-order valence-electron chi connectivity index (χ2n) is 3.69. The van der Waals surface area contributed by atoms with Crippen LogP contribution >= 0.6 is 0 Å². The summed E-state index contributed by atoms with van der Waals surface area (Å²) in [4.78, 5) is 0. The Balaban J connectivity index is 3.60. The lowest BCUT2D eigenvalue weighted by molar-refractivity contribution is -0.162. The molecule has 0 N–H and O–H groups in total. The van der Waals surface area contributed by atoms with E-state index in [9.17, 15) is 35.1 Å². The molecule has 0 aliphatic heterocycles. The van der Waals surface area contributed by atoms with Crippen molar-refractivity contribution in [2.75, 3.05) is 0 Å². The molecule has 0 aromatic heterocycles. The van der Waals surface area contributed by atoms with Crippen molar-refractivity contribution in [3.63, 3.8) is 0 Å². The normalized spacial score (nSPS) is 12.9. The standard InChI is InChI=1S/C11H8F8O/c1-2-5-7(20-9(12)13)4-3-6(10(14,15)16)8(5)11(17,18)19/h3-4,9H,2H2,1H3. The topological polar surface area (TPSA) is 9.23 Å². The molecule has 9 heteroatoms. The van der Waals surface area contributed by atoms with Crippen molar-refractivity contribution in [3.05, 3.63) is 28.8 Å². The van der Waals surface area contributed by atoms with Gasteiger partial charge < -0.3 is 4.74 Å². The summed E-state index contributed by atoms with van der Waals surface area (Å²) in [6.45, 7) is -2.32. The first-order valence-corrected chi connectivity index (χ1v) is 5.23. The Morgan fingerprint density at radius 2 is 1.55 bits per heavy atom. The minimum absolute atomic E-state index is 0.0830. The quantitative estimate of drug-likeness (QED) is 0.723. The summed E-state index contributed by atoms with van der Waals surface area (Å²) < 4.78 is 104. The molecule has 1 nitrogen and oxygen atoms in total. The second-order valence-corrected chi connectivity index (χ2v) is 3.69. The van der Waals surface area contributed by atoms with Gasteiger partial charge in [-0.15, -0.1) is 0 Å². The fourth-order valence-electron chi connectivity index (χ4n) is 1.75. The summed E-state index contributed by atoms with van der Waals surface area (Å²) in [5.41, 5.74) is -4.87. The summed E-state index contributed by atoms with van der Waals surface area (Å²) in [5.74, 6) is -0.914. The minimum atomic E-state index is -5.34. The molecule has 0 bridgehead atoms. The van der Waals surface area contributed by atoms with Gasteiger partial charge in [0.15, 0.2) is 0 Å². The lowest BCUT2D eigenvalue weighted by Crippen LogP contribution is -2.20. The SMILES string of the molecule is CCc1c(OC(F)F)ccc(C(F)(F)F)c1C(F)(F)F. The smallest absolute Gasteiger partial charge is 0.417 e. The van der Waals surface area contributed by atoms with Crippen molar-refractivity contribution < 1.29 is 39.9 Å². The van der Waals surface area contributed by atoms with Gasteiger partial charge in [-0.25, -0.2) is 0 Å². The van der Waals surface area contributed by atoms with E-state index in [2.05, 4.69) is 4.74 Å². The van der Waals surface area contributed by atoms with Gasteiger partial charge in [0.2, 0.25) is 0 Å². The van der Waals surface area contributed by atoms with Gasteiger partial charge >= 0.3 is 19.0 Å². The molecule has 1 aromatic rings. The number of halogens is 8. The monoisotopic (exact) mass is 308 g/mol. The van der Waals surface area contributed by atoms with Crippen LogP contribution in [0.4, 0.5) is 35.1 Å². The summed E-state index contributed by atoms with van der Waals surface area (Å²) in [6, 6.07) is 0.544. The summed E-state index contributed by atoms with van der Waals surface area (Å²) in [6.07, 6.45) is -11.1. The molecule has 0 amide bonds. The molecule has 0 fully saturated rings. The van der Waals surface area contributed by atoms with Crippen LogP contribution in [-0.2, 0) is 18.8 Å². The van der Waals surface area contributed by atoms with Crippen molar-refractivity contribution in [1.82, 2.24) is 0 Å². The fourth-order valence-corrected chi connectivity index (χ4v) is 1.75. The summed E-state index contributed by atoms with van der Waals surface area (Å²) in [7, 11) is 0. The van der Waals surface area contributed by atoms with Gasteiger partial charge in [0.05, 0.1) is 11.1 Å². The first-order valence-electron chi connectivity index (χ1n) is 5.23. The highest BCUT2D eigenvalue weighted by Crippen LogP contribution is 2.45. The predicted molar refractivity (Wildman–Crippen MR) is 52.5 cm³/mol. The van der Waals surface area contributed by atoms with Gasteiger partial charge in [0.25, 0.3) is 0 Å². The van der Waals surface area contributed by atoms with Crippen LogP contribution in [0.5, 0.6) is 5.75 Å². The third-order valence-corrected chi connectivity index (χ3v) is 2.43. The van der Waals surface area contributed by atoms with Crippen LogP contribution in [0.25, 0.3) is 0 Å². The Kier molecular flexibility index (Phi) is 4.50. The first kappa shape index (κ1) is 16.5. The minimum Gasteiger partial charge on any atom is -0.435 e. The van der Waals surface area contributed by atoms with Crippen LogP contribution in [0.2, 0.25) is 0 Å². The van der Waals surface area contributed by atoms with Crippen LogP contribution in [-0.4, -0.2) is 6.61 Å². The molecule has 0 aliphatic carbocycles. The fraction of sp³-hybridized carbons (Fsp3) is 0.455. The van der Waals surface area contributed by atoms with Crippen molar-refractivity contribution >= 4 is 0 Å². The van der Waals surface area contributed by atoms with E-state index in [0.717, 1.165) is 6.92 Å². The number of hydrogen-bond acceptors (Lipinski definition) is 1. The molecule has 1 rings (SSSR count). The Morgan fingerprint density at radius 3 is 1.90 bits per heavy atom. The summed E-state index contributed by atoms with van der Waals surface area (Å²) >= 11 is 0. The third-order valence-electron chi connectivity index (χ3n) is 2.43. The van der Waals surface area contributed by atoms with Crippen molar-refractivity contribution in [2.24, 2.45) is 0 Å². The Labute approximate surface area is 108 Å². The second kappa shape index (κ2) is 5.45. The molecule has 0 spiro atoms. The molecule has 114 valence electrons. The Morgan fingerprint density at radius 1 is 1.00 bits per heavy atom. The van der Waals surface area contributed by atoms with Gasteiger partial charge in [0, 0.05) is 5.56 Å². The van der Waals surface area contributed by atoms with Crippen molar-refractivity contribution in [3.8, 4) is 5.75 Å². The number of rotatable bonds is 3. The number of ether oxygens (including phenoxy) is 1. The molecule has 0 atom stereocenters. The average Bonchev–Trinajstić information content (AvgIpc) is 2.24. The maximum Gasteiger partial charge on any atom is 0.417 e. The number of alkyl halides is 8. The van der Waals surface area contributed by atoms with Gasteiger partial charge in [0.1, 0.15) is 5.75 Å². The molecule has 0 radical (unpaired) electrons. The van der Waals surface area contributed by atoms with Crippen LogP contribution in [0, 0.1) is 0 Å². The van der Waals surface area contributed by atoms with Gasteiger partial charge in [-0.2, -0.15) is 35.1 Å². The van der Waals surface area contributed by atoms with Crippen molar-refractivity contribution in [1.29, 1.82) is 0 Å². The molecular formula is C11H8F8O. The Hall–Kier alpha value is -1.54. The maximum atomic E-state index is 12.8. The maximum absolute atomic E-state index is 12.8. The van der Waals surface area contributed by atoms with E-state index >= 15 is 0 Å². The molecule has 0 aliphatic rings. The van der Waals surface area contributed by atoms with Crippen LogP contribution in [0.15, 0.2) is 12.1 Å². The van der Waals surface area contributed by atoms with Gasteiger partial charge in [-0.05, 0) is 18.6 Å². The molecule has 1 aromatic carbocycles. The van der Waals surface area contributed by atoms with Crippen LogP contribution < -0.4 is 4.74 Å². The highest BCUT2D eigenvalue weighted by Gasteiger charge is 2.45. The van der Waals surface area contributed by atoms with E-state index in [1.807, 2.05) is 0 Å². The lowest BCUT2D eigenvalue weighted by Gasteiger charge is -2.21. The molecule has 0 heterocycles. The van der Waals surface area contributed by atoms with Crippen LogP contribution in [0.1, 0.15) is 23.6 Å². The molecular weight excluding hydrogens is 300 g/mol. The van der Waals surface area contributed by atoms with Gasteiger partial charge in [-0.1, -0.05) is 6.92 Å². The zero-order chi connectivity index (χ0) is 15.7. The zero-order valence-corrected chi connectivity index (χ0v) is 9.87. The average molecular weight is 308 g/mol. The predicted octanol–water partition coefficient (Wildman–Crippen LogP) is 4.89. The summed E-state index contributed by atoms with van der Waals surface area (Å²) in [5, 5.41) is 0. The Bertz CT molecular complexity index is 475. The highest BCUT2D eigenvalue weighted by atomic mass is 19.4. The van der Waals surface area contributed by atoms with E-state index in [1.54, 1.807) is 0 Å². The van der Waals surface area contributed by atoms with E-state index in [0.29, 0.717) is 6.07 Å².